The molecule has 0 bridgehead atoms. The maximum absolute atomic E-state index is 13.9. The fourth-order valence-corrected chi connectivity index (χ4v) is 5.43. The van der Waals surface area contributed by atoms with Crippen molar-refractivity contribution < 1.29 is 22.7 Å². The number of carbonyl (C=O) groups is 2. The highest BCUT2D eigenvalue weighted by atomic mass is 32.2. The van der Waals surface area contributed by atoms with Gasteiger partial charge >= 0.3 is 0 Å². The highest BCUT2D eigenvalue weighted by Gasteiger charge is 2.33. The molecule has 0 saturated carbocycles. The summed E-state index contributed by atoms with van der Waals surface area (Å²) < 4.78 is 33.9. The summed E-state index contributed by atoms with van der Waals surface area (Å²) in [5, 5.41) is 2.94. The van der Waals surface area contributed by atoms with Gasteiger partial charge in [0.1, 0.15) is 18.3 Å². The number of anilines is 1. The van der Waals surface area contributed by atoms with Crippen molar-refractivity contribution in [3.63, 3.8) is 0 Å². The molecular formula is C30H37N3O5S. The molecule has 0 spiro atoms. The van der Waals surface area contributed by atoms with Crippen molar-refractivity contribution in [3.05, 3.63) is 90.0 Å². The molecule has 39 heavy (non-hydrogen) atoms. The molecule has 0 radical (unpaired) electrons. The van der Waals surface area contributed by atoms with E-state index in [0.717, 1.165) is 21.9 Å². The number of sulfonamides is 1. The third-order valence-corrected chi connectivity index (χ3v) is 8.53. The number of ether oxygens (including phenoxy) is 1. The average Bonchev–Trinajstić information content (AvgIpc) is 2.95. The SMILES string of the molecule is CC[C@H](C)NC(=O)[C@H](C)N(Cc1ccccc1C)C(=O)CN(c1ccccc1)S(=O)(=O)c1ccc(OC)cc1. The minimum atomic E-state index is -4.13. The van der Waals surface area contributed by atoms with Gasteiger partial charge in [0.05, 0.1) is 17.7 Å². The fraction of sp³-hybridized carbons (Fsp3) is 0.333. The largest absolute Gasteiger partial charge is 0.497 e. The van der Waals surface area contributed by atoms with Crippen LogP contribution in [0.15, 0.2) is 83.8 Å². The summed E-state index contributed by atoms with van der Waals surface area (Å²) in [5.41, 5.74) is 2.18. The van der Waals surface area contributed by atoms with Crippen LogP contribution in [-0.2, 0) is 26.2 Å². The minimum absolute atomic E-state index is 0.0213. The van der Waals surface area contributed by atoms with Crippen molar-refractivity contribution in [1.82, 2.24) is 10.2 Å². The molecule has 2 atom stereocenters. The molecule has 0 unspecified atom stereocenters. The number of para-hydroxylation sites is 1. The number of hydrogen-bond donors (Lipinski definition) is 1. The van der Waals surface area contributed by atoms with E-state index >= 15 is 0 Å². The molecule has 0 aliphatic heterocycles. The molecule has 0 heterocycles. The molecule has 0 saturated heterocycles. The van der Waals surface area contributed by atoms with E-state index in [9.17, 15) is 18.0 Å². The van der Waals surface area contributed by atoms with Crippen LogP contribution in [0.2, 0.25) is 0 Å². The van der Waals surface area contributed by atoms with Crippen LogP contribution in [0.5, 0.6) is 5.75 Å². The number of nitrogens with zero attached hydrogens (tertiary/aromatic N) is 2. The second kappa shape index (κ2) is 13.3. The van der Waals surface area contributed by atoms with Gasteiger partial charge in [-0.1, -0.05) is 49.4 Å². The number of rotatable bonds is 12. The Labute approximate surface area is 231 Å². The topological polar surface area (TPSA) is 96.0 Å². The van der Waals surface area contributed by atoms with Gasteiger partial charge in [-0.15, -0.1) is 0 Å². The molecule has 3 aromatic rings. The van der Waals surface area contributed by atoms with Crippen molar-refractivity contribution in [2.45, 2.75) is 57.6 Å². The Morgan fingerprint density at radius 3 is 2.13 bits per heavy atom. The Morgan fingerprint density at radius 1 is 0.923 bits per heavy atom. The van der Waals surface area contributed by atoms with E-state index in [-0.39, 0.29) is 23.4 Å². The monoisotopic (exact) mass is 551 g/mol. The summed E-state index contributed by atoms with van der Waals surface area (Å²) in [4.78, 5) is 28.5. The van der Waals surface area contributed by atoms with E-state index in [1.807, 2.05) is 45.0 Å². The molecule has 0 aliphatic rings. The first-order valence-corrected chi connectivity index (χ1v) is 14.4. The second-order valence-corrected chi connectivity index (χ2v) is 11.3. The van der Waals surface area contributed by atoms with Gasteiger partial charge < -0.3 is 15.0 Å². The molecule has 8 nitrogen and oxygen atoms in total. The van der Waals surface area contributed by atoms with E-state index in [2.05, 4.69) is 5.32 Å². The van der Waals surface area contributed by atoms with Crippen LogP contribution >= 0.6 is 0 Å². The zero-order valence-corrected chi connectivity index (χ0v) is 23.9. The quantitative estimate of drug-likeness (QED) is 0.357. The standard InChI is InChI=1S/C30H37N3O5S/c1-6-23(3)31-30(35)24(4)32(20-25-13-11-10-12-22(25)2)29(34)21-33(26-14-8-7-9-15-26)39(36,37)28-18-16-27(38-5)17-19-28/h7-19,23-24H,6,20-21H2,1-5H3,(H,31,35)/t23-,24-/m0/s1. The molecule has 0 aromatic heterocycles. The first-order chi connectivity index (χ1) is 18.6. The number of methoxy groups -OCH3 is 1. The maximum Gasteiger partial charge on any atom is 0.264 e. The molecule has 1 N–H and O–H groups in total. The van der Waals surface area contributed by atoms with E-state index in [1.54, 1.807) is 49.4 Å². The Kier molecular flexibility index (Phi) is 10.1. The highest BCUT2D eigenvalue weighted by molar-refractivity contribution is 7.92. The zero-order valence-electron chi connectivity index (χ0n) is 23.1. The molecule has 2 amide bonds. The Bertz CT molecular complexity index is 1360. The van der Waals surface area contributed by atoms with E-state index < -0.39 is 28.5 Å². The minimum Gasteiger partial charge on any atom is -0.497 e. The van der Waals surface area contributed by atoms with Gasteiger partial charge in [0.25, 0.3) is 10.0 Å². The van der Waals surface area contributed by atoms with E-state index in [0.29, 0.717) is 11.4 Å². The van der Waals surface area contributed by atoms with E-state index in [4.69, 9.17) is 4.74 Å². The zero-order chi connectivity index (χ0) is 28.6. The number of benzene rings is 3. The van der Waals surface area contributed by atoms with Crippen LogP contribution in [0.4, 0.5) is 5.69 Å². The van der Waals surface area contributed by atoms with Gasteiger partial charge in [-0.3, -0.25) is 13.9 Å². The smallest absolute Gasteiger partial charge is 0.264 e. The van der Waals surface area contributed by atoms with Crippen molar-refractivity contribution in [2.24, 2.45) is 0 Å². The summed E-state index contributed by atoms with van der Waals surface area (Å²) in [7, 11) is -2.63. The third kappa shape index (κ3) is 7.38. The summed E-state index contributed by atoms with van der Waals surface area (Å²) in [5.74, 6) is -0.275. The van der Waals surface area contributed by atoms with Crippen LogP contribution < -0.4 is 14.4 Å². The molecule has 3 aromatic carbocycles. The van der Waals surface area contributed by atoms with Gasteiger partial charge in [-0.25, -0.2) is 8.42 Å². The normalized spacial score (nSPS) is 12.7. The van der Waals surface area contributed by atoms with Crippen LogP contribution in [0, 0.1) is 6.92 Å². The van der Waals surface area contributed by atoms with Gasteiger partial charge in [-0.2, -0.15) is 0 Å². The summed E-state index contributed by atoms with van der Waals surface area (Å²) in [6.07, 6.45) is 0.742. The molecule has 3 rings (SSSR count). The first-order valence-electron chi connectivity index (χ1n) is 12.9. The van der Waals surface area contributed by atoms with Crippen molar-refractivity contribution in [1.29, 1.82) is 0 Å². The lowest BCUT2D eigenvalue weighted by atomic mass is 10.1. The predicted octanol–water partition coefficient (Wildman–Crippen LogP) is 4.53. The van der Waals surface area contributed by atoms with Crippen molar-refractivity contribution >= 4 is 27.5 Å². The molecule has 0 fully saturated rings. The second-order valence-electron chi connectivity index (χ2n) is 9.46. The molecule has 208 valence electrons. The number of nitrogens with one attached hydrogen (secondary N) is 1. The van der Waals surface area contributed by atoms with Crippen molar-refractivity contribution in [2.75, 3.05) is 18.0 Å². The number of hydrogen-bond acceptors (Lipinski definition) is 5. The first kappa shape index (κ1) is 29.7. The Balaban J connectivity index is 2.01. The van der Waals surface area contributed by atoms with Gasteiger partial charge in [0, 0.05) is 12.6 Å². The Morgan fingerprint density at radius 2 is 1.54 bits per heavy atom. The lowest BCUT2D eigenvalue weighted by molar-refractivity contribution is -0.139. The van der Waals surface area contributed by atoms with Crippen LogP contribution in [0.3, 0.4) is 0 Å². The maximum atomic E-state index is 13.9. The molecular weight excluding hydrogens is 514 g/mol. The van der Waals surface area contributed by atoms with E-state index in [1.165, 1.54) is 24.1 Å². The third-order valence-electron chi connectivity index (χ3n) is 6.74. The van der Waals surface area contributed by atoms with Gasteiger partial charge in [0.2, 0.25) is 11.8 Å². The summed E-state index contributed by atoms with van der Waals surface area (Å²) in [6, 6.07) is 21.2. The highest BCUT2D eigenvalue weighted by Crippen LogP contribution is 2.26. The number of carbonyl (C=O) groups excluding carboxylic acids is 2. The van der Waals surface area contributed by atoms with Crippen LogP contribution in [0.1, 0.15) is 38.3 Å². The average molecular weight is 552 g/mol. The van der Waals surface area contributed by atoms with Gasteiger partial charge in [-0.05, 0) is 74.7 Å². The van der Waals surface area contributed by atoms with Crippen LogP contribution in [-0.4, -0.2) is 50.9 Å². The predicted molar refractivity (Wildman–Crippen MR) is 153 cm³/mol. The lowest BCUT2D eigenvalue weighted by Crippen LogP contribution is -2.52. The molecule has 0 aliphatic carbocycles. The number of amides is 2. The van der Waals surface area contributed by atoms with Gasteiger partial charge in [0.15, 0.2) is 0 Å². The lowest BCUT2D eigenvalue weighted by Gasteiger charge is -2.32. The Hall–Kier alpha value is -3.85. The van der Waals surface area contributed by atoms with Crippen molar-refractivity contribution in [3.8, 4) is 5.75 Å². The summed E-state index contributed by atoms with van der Waals surface area (Å²) in [6.45, 7) is 7.15. The number of aryl methyl sites for hydroxylation is 1. The molecule has 9 heteroatoms. The summed E-state index contributed by atoms with van der Waals surface area (Å²) >= 11 is 0. The van der Waals surface area contributed by atoms with Crippen LogP contribution in [0.25, 0.3) is 0 Å². The fourth-order valence-electron chi connectivity index (χ4n) is 4.02.